The molecule has 1 atom stereocenters. The van der Waals surface area contributed by atoms with Gasteiger partial charge in [-0.2, -0.15) is 0 Å². The van der Waals surface area contributed by atoms with Crippen LogP contribution < -0.4 is 9.64 Å². The molecule has 0 amide bonds. The Bertz CT molecular complexity index is 935. The van der Waals surface area contributed by atoms with Crippen molar-refractivity contribution in [2.24, 2.45) is 0 Å². The number of ether oxygens (including phenoxy) is 1. The van der Waals surface area contributed by atoms with Gasteiger partial charge >= 0.3 is 0 Å². The predicted molar refractivity (Wildman–Crippen MR) is 112 cm³/mol. The molecule has 0 unspecified atom stereocenters. The van der Waals surface area contributed by atoms with E-state index in [0.717, 1.165) is 66.3 Å². The fourth-order valence-corrected chi connectivity index (χ4v) is 3.80. The maximum atomic E-state index is 9.62. The van der Waals surface area contributed by atoms with Crippen molar-refractivity contribution in [1.82, 2.24) is 15.1 Å². The zero-order chi connectivity index (χ0) is 19.5. The Balaban J connectivity index is 1.65. The number of aliphatic hydroxyl groups excluding tert-OH is 1. The van der Waals surface area contributed by atoms with Crippen LogP contribution in [-0.4, -0.2) is 66.1 Å². The molecule has 0 saturated carbocycles. The van der Waals surface area contributed by atoms with E-state index in [1.54, 1.807) is 7.11 Å². The summed E-state index contributed by atoms with van der Waals surface area (Å²) in [6, 6.07) is 16.2. The molecule has 28 heavy (non-hydrogen) atoms. The molecule has 4 rings (SSSR count). The number of methoxy groups -OCH3 is 1. The summed E-state index contributed by atoms with van der Waals surface area (Å²) in [5.41, 5.74) is 1.91. The number of anilines is 1. The number of rotatable bonds is 5. The summed E-state index contributed by atoms with van der Waals surface area (Å²) in [7, 11) is 1.67. The molecule has 6 heteroatoms. The standard InChI is InChI=1S/C22H26N4O2/c1-16(27)15-25-11-13-26(14-12-25)22-20-6-4-3-5-19(20)21(23-24-22)17-7-9-18(28-2)10-8-17/h3-10,16,27H,11-15H2,1-2H3/t16-/m1/s1. The topological polar surface area (TPSA) is 61.7 Å². The van der Waals surface area contributed by atoms with Crippen LogP contribution in [0.3, 0.4) is 0 Å². The number of fused-ring (bicyclic) bond motifs is 1. The second-order valence-corrected chi connectivity index (χ2v) is 7.28. The monoisotopic (exact) mass is 378 g/mol. The first-order valence-electron chi connectivity index (χ1n) is 9.71. The average Bonchev–Trinajstić information content (AvgIpc) is 2.73. The minimum Gasteiger partial charge on any atom is -0.497 e. The highest BCUT2D eigenvalue weighted by Crippen LogP contribution is 2.32. The molecular weight excluding hydrogens is 352 g/mol. The minimum absolute atomic E-state index is 0.295. The van der Waals surface area contributed by atoms with Crippen molar-refractivity contribution in [2.45, 2.75) is 13.0 Å². The maximum Gasteiger partial charge on any atom is 0.159 e. The van der Waals surface area contributed by atoms with Crippen LogP contribution in [0.15, 0.2) is 48.5 Å². The lowest BCUT2D eigenvalue weighted by atomic mass is 10.0. The van der Waals surface area contributed by atoms with Gasteiger partial charge in [0.2, 0.25) is 0 Å². The molecule has 1 aliphatic rings. The maximum absolute atomic E-state index is 9.62. The molecule has 2 heterocycles. The fourth-order valence-electron chi connectivity index (χ4n) is 3.80. The first-order chi connectivity index (χ1) is 13.7. The van der Waals surface area contributed by atoms with E-state index < -0.39 is 0 Å². The highest BCUT2D eigenvalue weighted by atomic mass is 16.5. The molecule has 1 fully saturated rings. The van der Waals surface area contributed by atoms with E-state index >= 15 is 0 Å². The van der Waals surface area contributed by atoms with Gasteiger partial charge in [0.05, 0.1) is 13.2 Å². The van der Waals surface area contributed by atoms with Gasteiger partial charge in [0, 0.05) is 49.1 Å². The molecule has 0 spiro atoms. The second-order valence-electron chi connectivity index (χ2n) is 7.28. The second kappa shape index (κ2) is 8.12. The summed E-state index contributed by atoms with van der Waals surface area (Å²) in [4.78, 5) is 4.59. The third kappa shape index (κ3) is 3.79. The van der Waals surface area contributed by atoms with Crippen molar-refractivity contribution in [3.05, 3.63) is 48.5 Å². The van der Waals surface area contributed by atoms with Crippen LogP contribution in [0.2, 0.25) is 0 Å². The quantitative estimate of drug-likeness (QED) is 0.737. The summed E-state index contributed by atoms with van der Waals surface area (Å²) in [5, 5.41) is 21.0. The van der Waals surface area contributed by atoms with Crippen LogP contribution in [0, 0.1) is 0 Å². The Morgan fingerprint density at radius 3 is 2.29 bits per heavy atom. The van der Waals surface area contributed by atoms with Crippen molar-refractivity contribution in [1.29, 1.82) is 0 Å². The van der Waals surface area contributed by atoms with Crippen LogP contribution in [0.5, 0.6) is 5.75 Å². The molecule has 1 aromatic heterocycles. The van der Waals surface area contributed by atoms with E-state index in [9.17, 15) is 5.11 Å². The zero-order valence-corrected chi connectivity index (χ0v) is 16.4. The van der Waals surface area contributed by atoms with E-state index in [4.69, 9.17) is 4.74 Å². The summed E-state index contributed by atoms with van der Waals surface area (Å²) >= 11 is 0. The van der Waals surface area contributed by atoms with Gasteiger partial charge in [0.25, 0.3) is 0 Å². The Kier molecular flexibility index (Phi) is 5.41. The Morgan fingerprint density at radius 1 is 0.964 bits per heavy atom. The summed E-state index contributed by atoms with van der Waals surface area (Å²) < 4.78 is 5.26. The molecule has 0 radical (unpaired) electrons. The van der Waals surface area contributed by atoms with E-state index in [1.165, 1.54) is 0 Å². The van der Waals surface area contributed by atoms with E-state index in [-0.39, 0.29) is 6.10 Å². The minimum atomic E-state index is -0.295. The van der Waals surface area contributed by atoms with Crippen molar-refractivity contribution < 1.29 is 9.84 Å². The molecule has 0 bridgehead atoms. The number of β-amino-alcohol motifs (C(OH)–C–C–N with tert-alkyl or cyclic N) is 1. The highest BCUT2D eigenvalue weighted by molar-refractivity contribution is 6.00. The third-order valence-corrected chi connectivity index (χ3v) is 5.23. The molecule has 3 aromatic rings. The summed E-state index contributed by atoms with van der Waals surface area (Å²) in [5.74, 6) is 1.76. The lowest BCUT2D eigenvalue weighted by Gasteiger charge is -2.36. The molecule has 2 aromatic carbocycles. The fraction of sp³-hybridized carbons (Fsp3) is 0.364. The van der Waals surface area contributed by atoms with Crippen LogP contribution in [0.4, 0.5) is 5.82 Å². The van der Waals surface area contributed by atoms with Crippen molar-refractivity contribution >= 4 is 16.6 Å². The van der Waals surface area contributed by atoms with E-state index in [2.05, 4.69) is 38.2 Å². The molecule has 1 N–H and O–H groups in total. The summed E-state index contributed by atoms with van der Waals surface area (Å²) in [6.07, 6.45) is -0.295. The first-order valence-corrected chi connectivity index (χ1v) is 9.71. The zero-order valence-electron chi connectivity index (χ0n) is 16.4. The smallest absolute Gasteiger partial charge is 0.159 e. The van der Waals surface area contributed by atoms with Gasteiger partial charge in [-0.25, -0.2) is 0 Å². The lowest BCUT2D eigenvalue weighted by Crippen LogP contribution is -2.48. The summed E-state index contributed by atoms with van der Waals surface area (Å²) in [6.45, 7) is 6.16. The van der Waals surface area contributed by atoms with E-state index in [1.807, 2.05) is 37.3 Å². The van der Waals surface area contributed by atoms with Gasteiger partial charge in [0.15, 0.2) is 5.82 Å². The third-order valence-electron chi connectivity index (χ3n) is 5.23. The van der Waals surface area contributed by atoms with Gasteiger partial charge in [-0.15, -0.1) is 10.2 Å². The lowest BCUT2D eigenvalue weighted by molar-refractivity contribution is 0.122. The van der Waals surface area contributed by atoms with Gasteiger partial charge in [-0.05, 0) is 31.2 Å². The Morgan fingerprint density at radius 2 is 1.64 bits per heavy atom. The number of hydrogen-bond acceptors (Lipinski definition) is 6. The van der Waals surface area contributed by atoms with Crippen molar-refractivity contribution in [2.75, 3.05) is 44.7 Å². The SMILES string of the molecule is COc1ccc(-c2nnc(N3CCN(C[C@@H](C)O)CC3)c3ccccc23)cc1. The predicted octanol–water partition coefficient (Wildman–Crippen LogP) is 2.81. The first kappa shape index (κ1) is 18.7. The number of aliphatic hydroxyl groups is 1. The van der Waals surface area contributed by atoms with Crippen LogP contribution in [0.1, 0.15) is 6.92 Å². The number of piperazine rings is 1. The molecule has 0 aliphatic carbocycles. The molecule has 1 aliphatic heterocycles. The molecular formula is C22H26N4O2. The van der Waals surface area contributed by atoms with Gasteiger partial charge in [-0.3, -0.25) is 4.90 Å². The molecule has 146 valence electrons. The van der Waals surface area contributed by atoms with Gasteiger partial charge < -0.3 is 14.7 Å². The van der Waals surface area contributed by atoms with Crippen LogP contribution in [-0.2, 0) is 0 Å². The normalized spacial score (nSPS) is 16.3. The van der Waals surface area contributed by atoms with E-state index in [0.29, 0.717) is 0 Å². The van der Waals surface area contributed by atoms with Gasteiger partial charge in [0.1, 0.15) is 11.4 Å². The average molecular weight is 378 g/mol. The number of aromatic nitrogens is 2. The van der Waals surface area contributed by atoms with Crippen molar-refractivity contribution in [3.63, 3.8) is 0 Å². The number of benzene rings is 2. The highest BCUT2D eigenvalue weighted by Gasteiger charge is 2.22. The van der Waals surface area contributed by atoms with Gasteiger partial charge in [-0.1, -0.05) is 24.3 Å². The number of hydrogen-bond donors (Lipinski definition) is 1. The number of nitrogens with zero attached hydrogens (tertiary/aromatic N) is 4. The van der Waals surface area contributed by atoms with Crippen LogP contribution >= 0.6 is 0 Å². The molecule has 1 saturated heterocycles. The van der Waals surface area contributed by atoms with Crippen molar-refractivity contribution in [3.8, 4) is 17.0 Å². The Hall–Kier alpha value is -2.70. The largest absolute Gasteiger partial charge is 0.497 e. The Labute approximate surface area is 165 Å². The molecule has 6 nitrogen and oxygen atoms in total. The van der Waals surface area contributed by atoms with Crippen LogP contribution in [0.25, 0.3) is 22.0 Å².